The van der Waals surface area contributed by atoms with Gasteiger partial charge in [0.1, 0.15) is 24.2 Å². The lowest BCUT2D eigenvalue weighted by Gasteiger charge is -2.33. The molecule has 1 aliphatic heterocycles. The number of carbonyl (C=O) groups excluding carboxylic acids is 6. The Bertz CT molecular complexity index is 2190. The van der Waals surface area contributed by atoms with Crippen LogP contribution in [0.5, 0.6) is 0 Å². The number of carboxylic acid groups (broad SMARTS) is 3. The maximum Gasteiger partial charge on any atom is 0.326 e. The average Bonchev–Trinajstić information content (AvgIpc) is 3.39. The van der Waals surface area contributed by atoms with Crippen LogP contribution < -0.4 is 58.5 Å². The van der Waals surface area contributed by atoms with E-state index in [0.29, 0.717) is 51.7 Å². The summed E-state index contributed by atoms with van der Waals surface area (Å²) in [6.45, 7) is 13.1. The second-order valence-corrected chi connectivity index (χ2v) is 21.4. The van der Waals surface area contributed by atoms with E-state index in [-0.39, 0.29) is 74.6 Å². The van der Waals surface area contributed by atoms with Crippen molar-refractivity contribution in [2.24, 2.45) is 5.41 Å². The van der Waals surface area contributed by atoms with Gasteiger partial charge in [-0.05, 0) is 68.4 Å². The molecule has 7 amide bonds. The molecule has 0 saturated carbocycles. The highest BCUT2D eigenvalue weighted by atomic mass is 16.4. The molecule has 0 radical (unpaired) electrons. The second kappa shape index (κ2) is 37.2. The quantitative estimate of drug-likeness (QED) is 0.0452. The van der Waals surface area contributed by atoms with E-state index in [4.69, 9.17) is 5.11 Å². The Hall–Kier alpha value is -6.69. The summed E-state index contributed by atoms with van der Waals surface area (Å²) >= 11 is 0. The molecule has 0 spiro atoms. The van der Waals surface area contributed by atoms with Gasteiger partial charge in [-0.3, -0.25) is 28.8 Å². The van der Waals surface area contributed by atoms with Crippen LogP contribution in [0.25, 0.3) is 0 Å². The lowest BCUT2D eigenvalue weighted by molar-refractivity contribution is -0.141. The van der Waals surface area contributed by atoms with E-state index in [1.54, 1.807) is 0 Å². The van der Waals surface area contributed by atoms with Crippen molar-refractivity contribution in [3.05, 3.63) is 71.8 Å². The van der Waals surface area contributed by atoms with Crippen molar-refractivity contribution < 1.29 is 58.5 Å². The number of amides is 7. The van der Waals surface area contributed by atoms with Crippen LogP contribution in [-0.2, 0) is 51.2 Å². The third kappa shape index (κ3) is 30.3. The van der Waals surface area contributed by atoms with Gasteiger partial charge in [-0.1, -0.05) is 93.8 Å². The van der Waals surface area contributed by atoms with Crippen molar-refractivity contribution in [3.63, 3.8) is 0 Å². The smallest absolute Gasteiger partial charge is 0.326 e. The topological polar surface area (TPSA) is 347 Å². The molecular weight excluding hydrogens is 1020 g/mol. The Morgan fingerprint density at radius 3 is 1.49 bits per heavy atom. The minimum atomic E-state index is -1.51. The molecule has 1 aliphatic rings. The number of urea groups is 1. The summed E-state index contributed by atoms with van der Waals surface area (Å²) < 4.78 is 0. The molecule has 1 saturated heterocycles. The Morgan fingerprint density at radius 1 is 0.468 bits per heavy atom. The average molecular weight is 1110 g/mol. The highest BCUT2D eigenvalue weighted by Crippen LogP contribution is 2.13. The molecule has 0 aromatic heterocycles. The van der Waals surface area contributed by atoms with Crippen molar-refractivity contribution >= 4 is 53.5 Å². The predicted molar refractivity (Wildman–Crippen MR) is 299 cm³/mol. The fourth-order valence-corrected chi connectivity index (χ4v) is 8.82. The van der Waals surface area contributed by atoms with Crippen LogP contribution in [-0.4, -0.2) is 164 Å². The van der Waals surface area contributed by atoms with Gasteiger partial charge < -0.3 is 73.8 Å². The van der Waals surface area contributed by atoms with Gasteiger partial charge in [-0.2, -0.15) is 0 Å². The van der Waals surface area contributed by atoms with Crippen molar-refractivity contribution in [2.75, 3.05) is 65.4 Å². The van der Waals surface area contributed by atoms with Crippen molar-refractivity contribution in [1.29, 1.82) is 0 Å². The van der Waals surface area contributed by atoms with Gasteiger partial charge in [-0.15, -0.1) is 0 Å². The molecule has 440 valence electrons. The lowest BCUT2D eigenvalue weighted by Crippen LogP contribution is -2.59. The number of hydrogen-bond donors (Lipinski definition) is 14. The van der Waals surface area contributed by atoms with Gasteiger partial charge in [-0.25, -0.2) is 14.4 Å². The number of carbonyl (C=O) groups is 9. The molecule has 1 fully saturated rings. The number of unbranched alkanes of at least 4 members (excludes halogenated alkanes) is 5. The van der Waals surface area contributed by atoms with Gasteiger partial charge in [0.15, 0.2) is 0 Å². The van der Waals surface area contributed by atoms with Crippen molar-refractivity contribution in [3.8, 4) is 0 Å². The second-order valence-electron chi connectivity index (χ2n) is 21.4. The van der Waals surface area contributed by atoms with E-state index in [9.17, 15) is 53.4 Å². The lowest BCUT2D eigenvalue weighted by atomic mass is 9.93. The maximum absolute atomic E-state index is 14.1. The Balaban J connectivity index is 1.43. The van der Waals surface area contributed by atoms with E-state index in [2.05, 4.69) is 72.3 Å². The third-order valence-electron chi connectivity index (χ3n) is 13.3. The molecule has 0 bridgehead atoms. The monoisotopic (exact) mass is 1110 g/mol. The van der Waals surface area contributed by atoms with E-state index in [0.717, 1.165) is 69.7 Å². The highest BCUT2D eigenvalue weighted by Gasteiger charge is 2.30. The zero-order valence-corrected chi connectivity index (χ0v) is 46.5. The number of carboxylic acids is 3. The first-order valence-electron chi connectivity index (χ1n) is 27.8. The Labute approximate surface area is 464 Å². The van der Waals surface area contributed by atoms with Gasteiger partial charge in [0.25, 0.3) is 0 Å². The molecule has 14 N–H and O–H groups in total. The third-order valence-corrected chi connectivity index (χ3v) is 13.3. The fourth-order valence-electron chi connectivity index (χ4n) is 8.82. The van der Waals surface area contributed by atoms with E-state index in [1.165, 1.54) is 0 Å². The minimum absolute atomic E-state index is 0.0135. The van der Waals surface area contributed by atoms with Crippen molar-refractivity contribution in [2.45, 2.75) is 153 Å². The molecule has 4 atom stereocenters. The van der Waals surface area contributed by atoms with Crippen LogP contribution in [0.3, 0.4) is 0 Å². The number of benzene rings is 2. The molecule has 79 heavy (non-hydrogen) atoms. The minimum Gasteiger partial charge on any atom is -0.481 e. The van der Waals surface area contributed by atoms with E-state index < -0.39 is 71.9 Å². The van der Waals surface area contributed by atoms with Gasteiger partial charge in [0, 0.05) is 104 Å². The standard InChI is InChI=1S/C56H89N11O12/c1-55(2)36-57-30-32-59-38-56(3,39-60-33-31-58-37-55)67-48(70)25-17-24-47(69)63-45(35-41-20-11-8-12-21-41)51(74)64-44(34-40-18-9-7-10-19-40)50(73)62-29-15-6-4-5-13-23-46(68)61-28-16-14-22-42(52(75)76)65-54(79)66-43(53(77)78)26-27-49(71)72/h7-12,18-21,42-45,57-60H,4-6,13-17,22-39H2,1-3H3,(H,61,68)(H,62,73)(H,63,69)(H,64,74)(H,67,70)(H,71,72)(H,75,76)(H,77,78)(H2,65,66,79)/t42?,43?,44-,45-/m1/s1. The van der Waals surface area contributed by atoms with E-state index in [1.807, 2.05) is 67.6 Å². The summed E-state index contributed by atoms with van der Waals surface area (Å²) in [5.74, 6) is -5.64. The summed E-state index contributed by atoms with van der Waals surface area (Å²) in [5, 5.41) is 60.5. The molecule has 2 aromatic rings. The summed E-state index contributed by atoms with van der Waals surface area (Å²) in [6.07, 6.45) is 4.64. The summed E-state index contributed by atoms with van der Waals surface area (Å²) in [6, 6.07) is 12.8. The number of aliphatic carboxylic acids is 3. The summed E-state index contributed by atoms with van der Waals surface area (Å²) in [5.41, 5.74) is 1.21. The maximum atomic E-state index is 14.1. The van der Waals surface area contributed by atoms with Gasteiger partial charge in [0.2, 0.25) is 29.5 Å². The number of nitrogens with one attached hydrogen (secondary N) is 11. The molecule has 0 aliphatic carbocycles. The largest absolute Gasteiger partial charge is 0.481 e. The Morgan fingerprint density at radius 2 is 0.937 bits per heavy atom. The SMILES string of the molecule is CC1(C)CNCCNCC(C)(NC(=O)CCCC(=O)N[C@H](Cc2ccccc2)C(=O)N[C@H](Cc2ccccc2)C(=O)NCCCCCCCC(=O)NCCCCC(NC(=O)NC(CCC(=O)O)C(=O)O)C(=O)O)CNCCNC1. The van der Waals surface area contributed by atoms with Crippen LogP contribution in [0, 0.1) is 5.41 Å². The summed E-state index contributed by atoms with van der Waals surface area (Å²) in [4.78, 5) is 113. The zero-order chi connectivity index (χ0) is 57.9. The molecule has 2 aromatic carbocycles. The first kappa shape index (κ1) is 66.6. The van der Waals surface area contributed by atoms with Crippen molar-refractivity contribution in [1.82, 2.24) is 58.5 Å². The van der Waals surface area contributed by atoms with E-state index >= 15 is 0 Å². The zero-order valence-electron chi connectivity index (χ0n) is 46.5. The predicted octanol–water partition coefficient (Wildman–Crippen LogP) is 1.70. The fraction of sp³-hybridized carbons (Fsp3) is 0.625. The molecule has 2 unspecified atom stereocenters. The van der Waals surface area contributed by atoms with Crippen LogP contribution >= 0.6 is 0 Å². The first-order valence-corrected chi connectivity index (χ1v) is 27.8. The van der Waals surface area contributed by atoms with Gasteiger partial charge >= 0.3 is 23.9 Å². The number of hydrogen-bond acceptors (Lipinski definition) is 13. The van der Waals surface area contributed by atoms with Crippen LogP contribution in [0.15, 0.2) is 60.7 Å². The summed E-state index contributed by atoms with van der Waals surface area (Å²) in [7, 11) is 0. The first-order chi connectivity index (χ1) is 37.7. The molecule has 23 nitrogen and oxygen atoms in total. The molecule has 1 heterocycles. The molecule has 23 heteroatoms. The normalized spacial score (nSPS) is 16.2. The number of rotatable bonds is 33. The van der Waals surface area contributed by atoms with Crippen LogP contribution in [0.2, 0.25) is 0 Å². The molecule has 3 rings (SSSR count). The van der Waals surface area contributed by atoms with Gasteiger partial charge in [0.05, 0.1) is 5.54 Å². The van der Waals surface area contributed by atoms with Crippen LogP contribution in [0.1, 0.15) is 122 Å². The molecular formula is C56H89N11O12. The van der Waals surface area contributed by atoms with Crippen LogP contribution in [0.4, 0.5) is 4.79 Å². The highest BCUT2D eigenvalue weighted by molar-refractivity contribution is 5.92. The Kier molecular flexibility index (Phi) is 31.4.